The second-order valence-corrected chi connectivity index (χ2v) is 3.57. The summed E-state index contributed by atoms with van der Waals surface area (Å²) in [6, 6.07) is 0. The monoisotopic (exact) mass is 253 g/mol. The largest absolute Gasteiger partial charge is 0.383 e. The van der Waals surface area contributed by atoms with Crippen LogP contribution in [0.15, 0.2) is 10.7 Å². The van der Waals surface area contributed by atoms with Crippen molar-refractivity contribution in [1.29, 1.82) is 0 Å². The van der Waals surface area contributed by atoms with Gasteiger partial charge in [0.05, 0.1) is 26.0 Å². The second-order valence-electron chi connectivity index (χ2n) is 3.57. The number of nitrogens with zero attached hydrogens (tertiary/aromatic N) is 3. The van der Waals surface area contributed by atoms with E-state index in [4.69, 9.17) is 19.7 Å². The minimum Gasteiger partial charge on any atom is -0.383 e. The summed E-state index contributed by atoms with van der Waals surface area (Å²) in [5.41, 5.74) is 6.26. The van der Waals surface area contributed by atoms with Gasteiger partial charge in [0.1, 0.15) is 11.4 Å². The van der Waals surface area contributed by atoms with Gasteiger partial charge in [-0.3, -0.25) is 5.10 Å². The fourth-order valence-electron chi connectivity index (χ4n) is 1.34. The summed E-state index contributed by atoms with van der Waals surface area (Å²) in [5.74, 6) is 1.33. The Hall–Kier alpha value is -1.93. The third-order valence-corrected chi connectivity index (χ3v) is 2.27. The van der Waals surface area contributed by atoms with Gasteiger partial charge in [-0.15, -0.1) is 0 Å². The highest BCUT2D eigenvalue weighted by Crippen LogP contribution is 2.21. The van der Waals surface area contributed by atoms with Crippen LogP contribution >= 0.6 is 0 Å². The molecule has 0 fully saturated rings. The van der Waals surface area contributed by atoms with E-state index >= 15 is 0 Å². The Morgan fingerprint density at radius 1 is 1.39 bits per heavy atom. The first kappa shape index (κ1) is 12.5. The Morgan fingerprint density at radius 2 is 2.28 bits per heavy atom. The predicted molar refractivity (Wildman–Crippen MR) is 62.7 cm³/mol. The first-order chi connectivity index (χ1) is 8.81. The van der Waals surface area contributed by atoms with Crippen LogP contribution in [0.4, 0.5) is 5.82 Å². The molecule has 0 aromatic carbocycles. The molecule has 2 aromatic rings. The van der Waals surface area contributed by atoms with E-state index in [1.165, 1.54) is 0 Å². The molecule has 8 heteroatoms. The van der Waals surface area contributed by atoms with E-state index in [1.807, 2.05) is 0 Å². The van der Waals surface area contributed by atoms with Crippen molar-refractivity contribution in [1.82, 2.24) is 20.3 Å². The van der Waals surface area contributed by atoms with Crippen molar-refractivity contribution >= 4 is 5.82 Å². The smallest absolute Gasteiger partial charge is 0.263 e. The fraction of sp³-hybridized carbons (Fsp3) is 0.500. The Morgan fingerprint density at radius 3 is 3.00 bits per heavy atom. The zero-order chi connectivity index (χ0) is 12.8. The van der Waals surface area contributed by atoms with Crippen LogP contribution in [0.5, 0.6) is 0 Å². The highest BCUT2D eigenvalue weighted by atomic mass is 16.5. The first-order valence-electron chi connectivity index (χ1n) is 5.49. The SMILES string of the molecule is COCCOCCc1noc(-c2cn[nH]c2N)n1. The normalized spacial score (nSPS) is 10.9. The molecular formula is C10H15N5O3. The van der Waals surface area contributed by atoms with Crippen LogP contribution < -0.4 is 5.73 Å². The number of hydrogen-bond donors (Lipinski definition) is 2. The third-order valence-electron chi connectivity index (χ3n) is 2.27. The van der Waals surface area contributed by atoms with Gasteiger partial charge in [0, 0.05) is 13.5 Å². The lowest BCUT2D eigenvalue weighted by molar-refractivity contribution is 0.0714. The van der Waals surface area contributed by atoms with Crippen LogP contribution in [-0.4, -0.2) is 47.3 Å². The molecule has 3 N–H and O–H groups in total. The maximum atomic E-state index is 5.65. The van der Waals surface area contributed by atoms with E-state index in [0.717, 1.165) is 0 Å². The molecule has 0 spiro atoms. The van der Waals surface area contributed by atoms with Crippen molar-refractivity contribution in [2.45, 2.75) is 6.42 Å². The molecule has 0 radical (unpaired) electrons. The van der Waals surface area contributed by atoms with Crippen LogP contribution in [0.25, 0.3) is 11.5 Å². The summed E-state index contributed by atoms with van der Waals surface area (Å²) in [5, 5.41) is 10.2. The molecule has 0 amide bonds. The molecule has 0 saturated heterocycles. The molecule has 2 heterocycles. The number of anilines is 1. The Labute approximate surface area is 103 Å². The van der Waals surface area contributed by atoms with Gasteiger partial charge in [-0.1, -0.05) is 5.16 Å². The summed E-state index contributed by atoms with van der Waals surface area (Å²) >= 11 is 0. The fourth-order valence-corrected chi connectivity index (χ4v) is 1.34. The molecule has 0 aliphatic rings. The van der Waals surface area contributed by atoms with Gasteiger partial charge < -0.3 is 19.7 Å². The van der Waals surface area contributed by atoms with E-state index in [1.54, 1.807) is 13.3 Å². The molecule has 0 unspecified atom stereocenters. The number of aromatic amines is 1. The minimum atomic E-state index is 0.355. The van der Waals surface area contributed by atoms with Crippen LogP contribution in [-0.2, 0) is 15.9 Å². The number of methoxy groups -OCH3 is 1. The number of rotatable bonds is 7. The van der Waals surface area contributed by atoms with Crippen molar-refractivity contribution in [3.63, 3.8) is 0 Å². The van der Waals surface area contributed by atoms with Gasteiger partial charge in [-0.25, -0.2) is 0 Å². The van der Waals surface area contributed by atoms with Crippen molar-refractivity contribution in [2.75, 3.05) is 32.7 Å². The molecule has 0 atom stereocenters. The number of hydrogen-bond acceptors (Lipinski definition) is 7. The van der Waals surface area contributed by atoms with Gasteiger partial charge in [0.25, 0.3) is 5.89 Å². The highest BCUT2D eigenvalue weighted by molar-refractivity contribution is 5.65. The summed E-state index contributed by atoms with van der Waals surface area (Å²) in [7, 11) is 1.63. The average Bonchev–Trinajstić information content (AvgIpc) is 2.97. The standard InChI is InChI=1S/C10H15N5O3/c1-16-4-5-17-3-2-8-13-10(18-15-8)7-6-12-14-9(7)11/h6H,2-5H2,1H3,(H3,11,12,14). The molecule has 2 rings (SSSR count). The van der Waals surface area contributed by atoms with E-state index in [9.17, 15) is 0 Å². The van der Waals surface area contributed by atoms with Crippen molar-refractivity contribution < 1.29 is 14.0 Å². The molecule has 0 aliphatic carbocycles. The number of H-pyrrole nitrogens is 1. The van der Waals surface area contributed by atoms with Crippen molar-refractivity contribution in [2.24, 2.45) is 0 Å². The van der Waals surface area contributed by atoms with E-state index in [0.29, 0.717) is 49.3 Å². The summed E-state index contributed by atoms with van der Waals surface area (Å²) in [6.45, 7) is 1.64. The number of ether oxygens (including phenoxy) is 2. The Bertz CT molecular complexity index is 481. The van der Waals surface area contributed by atoms with Crippen molar-refractivity contribution in [3.05, 3.63) is 12.0 Å². The third kappa shape index (κ3) is 3.05. The minimum absolute atomic E-state index is 0.355. The van der Waals surface area contributed by atoms with Gasteiger partial charge in [-0.2, -0.15) is 10.1 Å². The van der Waals surface area contributed by atoms with Gasteiger partial charge in [-0.05, 0) is 0 Å². The zero-order valence-electron chi connectivity index (χ0n) is 10.0. The van der Waals surface area contributed by atoms with Crippen LogP contribution in [0, 0.1) is 0 Å². The van der Waals surface area contributed by atoms with Crippen LogP contribution in [0.3, 0.4) is 0 Å². The zero-order valence-corrected chi connectivity index (χ0v) is 10.0. The summed E-state index contributed by atoms with van der Waals surface area (Å²) in [4.78, 5) is 4.20. The molecule has 18 heavy (non-hydrogen) atoms. The maximum Gasteiger partial charge on any atom is 0.263 e. The number of aromatic nitrogens is 4. The Kier molecular flexibility index (Phi) is 4.26. The van der Waals surface area contributed by atoms with E-state index < -0.39 is 0 Å². The van der Waals surface area contributed by atoms with Crippen molar-refractivity contribution in [3.8, 4) is 11.5 Å². The van der Waals surface area contributed by atoms with Crippen LogP contribution in [0.2, 0.25) is 0 Å². The maximum absolute atomic E-state index is 5.65. The molecule has 98 valence electrons. The molecule has 0 saturated carbocycles. The molecule has 2 aromatic heterocycles. The number of nitrogens with one attached hydrogen (secondary N) is 1. The first-order valence-corrected chi connectivity index (χ1v) is 5.49. The van der Waals surface area contributed by atoms with Gasteiger partial charge in [0.2, 0.25) is 0 Å². The highest BCUT2D eigenvalue weighted by Gasteiger charge is 2.12. The molecule has 8 nitrogen and oxygen atoms in total. The summed E-state index contributed by atoms with van der Waals surface area (Å²) in [6.07, 6.45) is 2.12. The number of nitrogens with two attached hydrogens (primary N) is 1. The lowest BCUT2D eigenvalue weighted by Gasteiger charge is -1.99. The number of nitrogen functional groups attached to an aromatic ring is 1. The molecule has 0 bridgehead atoms. The quantitative estimate of drug-likeness (QED) is 0.680. The van der Waals surface area contributed by atoms with E-state index in [2.05, 4.69) is 20.3 Å². The Balaban J connectivity index is 1.85. The lowest BCUT2D eigenvalue weighted by Crippen LogP contribution is -2.05. The molecular weight excluding hydrogens is 238 g/mol. The van der Waals surface area contributed by atoms with E-state index in [-0.39, 0.29) is 0 Å². The average molecular weight is 253 g/mol. The van der Waals surface area contributed by atoms with Gasteiger partial charge >= 0.3 is 0 Å². The lowest BCUT2D eigenvalue weighted by atomic mass is 10.3. The molecule has 0 aliphatic heterocycles. The second kappa shape index (κ2) is 6.12. The van der Waals surface area contributed by atoms with Crippen LogP contribution in [0.1, 0.15) is 5.82 Å². The predicted octanol–water partition coefficient (Wildman–Crippen LogP) is 0.247. The van der Waals surface area contributed by atoms with Gasteiger partial charge in [0.15, 0.2) is 5.82 Å². The topological polar surface area (TPSA) is 112 Å². The summed E-state index contributed by atoms with van der Waals surface area (Å²) < 4.78 is 15.3.